The molecule has 3 aromatic carbocycles. The summed E-state index contributed by atoms with van der Waals surface area (Å²) in [5.74, 6) is 0.0756. The van der Waals surface area contributed by atoms with Crippen molar-refractivity contribution in [1.82, 2.24) is 9.71 Å². The van der Waals surface area contributed by atoms with Gasteiger partial charge < -0.3 is 10.5 Å². The molecule has 0 radical (unpaired) electrons. The molecule has 0 bridgehead atoms. The number of hydrogen-bond acceptors (Lipinski definition) is 7. The fourth-order valence-corrected chi connectivity index (χ4v) is 3.67. The van der Waals surface area contributed by atoms with Crippen LogP contribution >= 0.6 is 12.0 Å². The molecule has 34 heavy (non-hydrogen) atoms. The van der Waals surface area contributed by atoms with E-state index in [1.807, 2.05) is 6.07 Å². The van der Waals surface area contributed by atoms with Gasteiger partial charge >= 0.3 is 0 Å². The van der Waals surface area contributed by atoms with Gasteiger partial charge in [-0.3, -0.25) is 9.59 Å². The van der Waals surface area contributed by atoms with Gasteiger partial charge in [-0.1, -0.05) is 24.3 Å². The van der Waals surface area contributed by atoms with E-state index in [0.717, 1.165) is 27.2 Å². The molecule has 1 amide bonds. The normalized spacial score (nSPS) is 11.2. The number of nitrogens with one attached hydrogen (secondary N) is 1. The van der Waals surface area contributed by atoms with Crippen LogP contribution in [0.5, 0.6) is 0 Å². The third kappa shape index (κ3) is 5.34. The summed E-state index contributed by atoms with van der Waals surface area (Å²) in [6, 6.07) is 19.3. The molecule has 172 valence electrons. The topological polar surface area (TPSA) is 103 Å². The number of rotatable bonds is 8. The monoisotopic (exact) mass is 475 g/mol. The summed E-state index contributed by atoms with van der Waals surface area (Å²) in [6.45, 7) is 1.51. The number of hydrogen-bond donors (Lipinski definition) is 2. The third-order valence-corrected chi connectivity index (χ3v) is 5.61. The molecular formula is C25H21N3O5S. The number of fused-ring (bicyclic) bond motifs is 1. The zero-order chi connectivity index (χ0) is 24.1. The Bertz CT molecular complexity index is 1360. The van der Waals surface area contributed by atoms with Crippen molar-refractivity contribution < 1.29 is 24.0 Å². The number of aromatic nitrogens is 2. The van der Waals surface area contributed by atoms with Crippen molar-refractivity contribution in [2.45, 2.75) is 11.8 Å². The summed E-state index contributed by atoms with van der Waals surface area (Å²) in [5, 5.41) is 13.4. The minimum atomic E-state index is -0.291. The zero-order valence-electron chi connectivity index (χ0n) is 18.4. The lowest BCUT2D eigenvalue weighted by Gasteiger charge is -2.05. The maximum absolute atomic E-state index is 12.3. The molecular weight excluding hydrogens is 454 g/mol. The molecule has 9 heteroatoms. The molecule has 0 aliphatic carbocycles. The minimum Gasteiger partial charge on any atom is -0.426 e. The van der Waals surface area contributed by atoms with Crippen LogP contribution in [0.2, 0.25) is 0 Å². The third-order valence-electron chi connectivity index (χ3n) is 4.96. The van der Waals surface area contributed by atoms with E-state index in [2.05, 4.69) is 15.2 Å². The SMILES string of the molecule is COOSc1ccc2nc(-c3ccc(NC(=O)/C=C/c4ccc(C(C)=O)cc4)cc3)n(O)c2c1. The fourth-order valence-electron chi connectivity index (χ4n) is 3.24. The van der Waals surface area contributed by atoms with Crippen molar-refractivity contribution >= 4 is 46.5 Å². The van der Waals surface area contributed by atoms with Crippen LogP contribution in [0.25, 0.3) is 28.5 Å². The van der Waals surface area contributed by atoms with E-state index in [-0.39, 0.29) is 11.7 Å². The molecule has 0 fully saturated rings. The van der Waals surface area contributed by atoms with Gasteiger partial charge in [0.15, 0.2) is 11.6 Å². The number of anilines is 1. The van der Waals surface area contributed by atoms with Crippen LogP contribution in [-0.2, 0) is 14.0 Å². The van der Waals surface area contributed by atoms with Gasteiger partial charge in [0.05, 0.1) is 24.7 Å². The highest BCUT2D eigenvalue weighted by Crippen LogP contribution is 2.28. The highest BCUT2D eigenvalue weighted by atomic mass is 32.2. The Morgan fingerprint density at radius 3 is 2.47 bits per heavy atom. The van der Waals surface area contributed by atoms with Crippen molar-refractivity contribution in [3.8, 4) is 11.4 Å². The van der Waals surface area contributed by atoms with Gasteiger partial charge in [0.2, 0.25) is 5.91 Å². The fraction of sp³-hybridized carbons (Fsp3) is 0.0800. The Kier molecular flexibility index (Phi) is 7.07. The first-order valence-electron chi connectivity index (χ1n) is 10.2. The average Bonchev–Trinajstić information content (AvgIpc) is 3.18. The summed E-state index contributed by atoms with van der Waals surface area (Å²) in [4.78, 5) is 33.4. The second-order valence-corrected chi connectivity index (χ2v) is 8.07. The molecule has 0 aliphatic rings. The first kappa shape index (κ1) is 23.2. The summed E-state index contributed by atoms with van der Waals surface area (Å²) >= 11 is 1.03. The van der Waals surface area contributed by atoms with Gasteiger partial charge in [-0.2, -0.15) is 9.06 Å². The van der Waals surface area contributed by atoms with Crippen LogP contribution in [-0.4, -0.2) is 33.7 Å². The number of carbonyl (C=O) groups is 2. The van der Waals surface area contributed by atoms with E-state index in [1.165, 1.54) is 20.1 Å². The van der Waals surface area contributed by atoms with Gasteiger partial charge in [0, 0.05) is 27.8 Å². The summed E-state index contributed by atoms with van der Waals surface area (Å²) in [5.41, 5.74) is 3.86. The predicted octanol–water partition coefficient (Wildman–Crippen LogP) is 5.38. The van der Waals surface area contributed by atoms with E-state index in [4.69, 9.17) is 4.33 Å². The predicted molar refractivity (Wildman–Crippen MR) is 130 cm³/mol. The molecule has 1 aromatic heterocycles. The lowest BCUT2D eigenvalue weighted by molar-refractivity contribution is -0.160. The molecule has 0 saturated heterocycles. The molecule has 1 heterocycles. The van der Waals surface area contributed by atoms with E-state index >= 15 is 0 Å². The number of Topliss-reactive ketones (excluding diaryl/α,β-unsaturated/α-hetero) is 1. The Labute approximate surface area is 199 Å². The lowest BCUT2D eigenvalue weighted by Crippen LogP contribution is -2.07. The molecule has 2 N–H and O–H groups in total. The second-order valence-electron chi connectivity index (χ2n) is 7.29. The molecule has 0 aliphatic heterocycles. The summed E-state index contributed by atoms with van der Waals surface area (Å²) < 4.78 is 5.87. The molecule has 0 unspecified atom stereocenters. The average molecular weight is 476 g/mol. The minimum absolute atomic E-state index is 0.00563. The molecule has 8 nitrogen and oxygen atoms in total. The van der Waals surface area contributed by atoms with Crippen LogP contribution in [0.4, 0.5) is 5.69 Å². The molecule has 0 spiro atoms. The van der Waals surface area contributed by atoms with Crippen molar-refractivity contribution in [3.05, 3.63) is 83.9 Å². The maximum Gasteiger partial charge on any atom is 0.248 e. The lowest BCUT2D eigenvalue weighted by atomic mass is 10.1. The van der Waals surface area contributed by atoms with Crippen LogP contribution in [0.3, 0.4) is 0 Å². The molecule has 4 aromatic rings. The van der Waals surface area contributed by atoms with E-state index in [0.29, 0.717) is 33.7 Å². The highest BCUT2D eigenvalue weighted by Gasteiger charge is 2.13. The van der Waals surface area contributed by atoms with Crippen LogP contribution in [0.1, 0.15) is 22.8 Å². The first-order valence-corrected chi connectivity index (χ1v) is 11.0. The van der Waals surface area contributed by atoms with Gasteiger partial charge in [0.25, 0.3) is 0 Å². The van der Waals surface area contributed by atoms with Crippen LogP contribution in [0, 0.1) is 0 Å². The van der Waals surface area contributed by atoms with E-state index in [1.54, 1.807) is 66.7 Å². The Hall–Kier alpha value is -3.92. The quantitative estimate of drug-likeness (QED) is 0.0881. The molecule has 0 saturated carbocycles. The highest BCUT2D eigenvalue weighted by molar-refractivity contribution is 7.94. The van der Waals surface area contributed by atoms with Gasteiger partial charge in [0.1, 0.15) is 5.52 Å². The van der Waals surface area contributed by atoms with Crippen molar-refractivity contribution in [2.24, 2.45) is 0 Å². The Balaban J connectivity index is 1.44. The van der Waals surface area contributed by atoms with Crippen LogP contribution in [0.15, 0.2) is 77.7 Å². The largest absolute Gasteiger partial charge is 0.426 e. The number of nitrogens with zero attached hydrogens (tertiary/aromatic N) is 2. The Morgan fingerprint density at radius 1 is 1.06 bits per heavy atom. The molecule has 0 atom stereocenters. The van der Waals surface area contributed by atoms with E-state index < -0.39 is 0 Å². The second kappa shape index (κ2) is 10.3. The van der Waals surface area contributed by atoms with Gasteiger partial charge in [-0.15, -0.1) is 0 Å². The number of carbonyl (C=O) groups excluding carboxylic acids is 2. The summed E-state index contributed by atoms with van der Waals surface area (Å²) in [6.07, 6.45) is 3.10. The number of amides is 1. The maximum atomic E-state index is 12.3. The van der Waals surface area contributed by atoms with Crippen LogP contribution < -0.4 is 5.32 Å². The van der Waals surface area contributed by atoms with E-state index in [9.17, 15) is 14.8 Å². The zero-order valence-corrected chi connectivity index (χ0v) is 19.2. The van der Waals surface area contributed by atoms with Gasteiger partial charge in [-0.05, 0) is 61.0 Å². The smallest absolute Gasteiger partial charge is 0.248 e. The standard InChI is InChI=1S/C25H21N3O5S/c1-16(29)18-6-3-17(4-7-18)5-14-24(30)26-20-10-8-19(9-11-20)25-27-22-13-12-21(34-33-32-2)15-23(22)28(25)31/h3-15,31H,1-2H3,(H,26,30)/b14-5+. The Morgan fingerprint density at radius 2 is 1.79 bits per heavy atom. The number of benzene rings is 3. The number of imidazole rings is 1. The van der Waals surface area contributed by atoms with Gasteiger partial charge in [-0.25, -0.2) is 9.87 Å². The first-order chi connectivity index (χ1) is 16.4. The molecule has 4 rings (SSSR count). The van der Waals surface area contributed by atoms with Crippen molar-refractivity contribution in [3.63, 3.8) is 0 Å². The number of ketones is 1. The van der Waals surface area contributed by atoms with Crippen molar-refractivity contribution in [2.75, 3.05) is 12.4 Å². The van der Waals surface area contributed by atoms with Crippen molar-refractivity contribution in [1.29, 1.82) is 0 Å². The summed E-state index contributed by atoms with van der Waals surface area (Å²) in [7, 11) is 1.41.